The Balaban J connectivity index is 1.56. The van der Waals surface area contributed by atoms with Gasteiger partial charge in [-0.05, 0) is 29.7 Å². The molecule has 0 radical (unpaired) electrons. The van der Waals surface area contributed by atoms with Gasteiger partial charge in [0.05, 0.1) is 22.3 Å². The molecule has 0 bridgehead atoms. The molecule has 3 aromatic rings. The van der Waals surface area contributed by atoms with Gasteiger partial charge in [0.25, 0.3) is 0 Å². The largest absolute Gasteiger partial charge is 0.450 e. The van der Waals surface area contributed by atoms with E-state index in [-0.39, 0.29) is 6.09 Å². The van der Waals surface area contributed by atoms with Crippen molar-refractivity contribution in [2.24, 2.45) is 0 Å². The Hall–Kier alpha value is -2.50. The van der Waals surface area contributed by atoms with Crippen LogP contribution in [0.5, 0.6) is 0 Å². The number of halogens is 2. The Kier molecular flexibility index (Phi) is 7.55. The molecule has 0 aliphatic heterocycles. The molecule has 0 unspecified atom stereocenters. The lowest BCUT2D eigenvalue weighted by Crippen LogP contribution is -2.27. The van der Waals surface area contributed by atoms with Crippen molar-refractivity contribution in [3.63, 3.8) is 0 Å². The summed E-state index contributed by atoms with van der Waals surface area (Å²) in [5, 5.41) is 3.81. The van der Waals surface area contributed by atoms with Crippen molar-refractivity contribution in [1.82, 2.24) is 15.3 Å². The highest BCUT2D eigenvalue weighted by Gasteiger charge is 2.07. The average Bonchev–Trinajstić information content (AvgIpc) is 3.19. The topological polar surface area (TPSA) is 67.0 Å². The number of nitrogens with one attached hydrogen (secondary N) is 2. The highest BCUT2D eigenvalue weighted by Crippen LogP contribution is 2.29. The van der Waals surface area contributed by atoms with E-state index in [1.165, 1.54) is 0 Å². The molecule has 0 aliphatic rings. The third-order valence-corrected chi connectivity index (χ3v) is 5.17. The Bertz CT molecular complexity index is 955. The Labute approximate surface area is 180 Å². The highest BCUT2D eigenvalue weighted by molar-refractivity contribution is 6.42. The number of benzene rings is 2. The molecule has 0 saturated carbocycles. The number of alkyl carbamates (subject to hydrolysis) is 1. The molecule has 1 amide bonds. The third kappa shape index (κ3) is 5.99. The molecule has 2 aromatic carbocycles. The number of carbonyl (C=O) groups excluding carboxylic acids is 1. The number of unbranched alkanes of at least 4 members (excludes halogenated alkanes) is 1. The van der Waals surface area contributed by atoms with E-state index in [1.807, 2.05) is 42.6 Å². The number of hydrogen-bond acceptors (Lipinski definition) is 3. The Morgan fingerprint density at radius 3 is 2.52 bits per heavy atom. The van der Waals surface area contributed by atoms with Crippen molar-refractivity contribution in [3.8, 4) is 22.4 Å². The number of H-pyrrole nitrogens is 1. The smallest absolute Gasteiger partial charge is 0.407 e. The molecule has 29 heavy (non-hydrogen) atoms. The second-order valence-electron chi connectivity index (χ2n) is 6.60. The number of nitrogens with zero attached hydrogens (tertiary/aromatic N) is 1. The summed E-state index contributed by atoms with van der Waals surface area (Å²) in [6.45, 7) is 2.97. The number of carbonyl (C=O) groups is 1. The van der Waals surface area contributed by atoms with Crippen molar-refractivity contribution in [2.75, 3.05) is 13.2 Å². The first-order valence-electron chi connectivity index (χ1n) is 9.57. The van der Waals surface area contributed by atoms with Crippen LogP contribution in [-0.4, -0.2) is 29.2 Å². The minimum absolute atomic E-state index is 0.386. The van der Waals surface area contributed by atoms with Crippen LogP contribution in [0.3, 0.4) is 0 Å². The summed E-state index contributed by atoms with van der Waals surface area (Å²) in [7, 11) is 0. The Morgan fingerprint density at radius 1 is 1.07 bits per heavy atom. The molecule has 7 heteroatoms. The molecule has 0 saturated heterocycles. The fourth-order valence-electron chi connectivity index (χ4n) is 2.79. The van der Waals surface area contributed by atoms with Gasteiger partial charge in [0.15, 0.2) is 0 Å². The number of aromatic nitrogens is 2. The zero-order valence-electron chi connectivity index (χ0n) is 16.2. The molecular formula is C22H23Cl2N3O2. The van der Waals surface area contributed by atoms with Crippen molar-refractivity contribution >= 4 is 29.3 Å². The third-order valence-electron chi connectivity index (χ3n) is 4.43. The second kappa shape index (κ2) is 10.3. The molecule has 1 aromatic heterocycles. The molecule has 3 rings (SSSR count). The maximum atomic E-state index is 11.5. The van der Waals surface area contributed by atoms with Crippen LogP contribution in [0.15, 0.2) is 48.7 Å². The van der Waals surface area contributed by atoms with Crippen molar-refractivity contribution in [1.29, 1.82) is 0 Å². The van der Waals surface area contributed by atoms with E-state index in [2.05, 4.69) is 22.2 Å². The van der Waals surface area contributed by atoms with Crippen LogP contribution in [0.4, 0.5) is 4.79 Å². The van der Waals surface area contributed by atoms with E-state index in [0.717, 1.165) is 41.1 Å². The SMILES string of the molecule is CCCCOC(=O)NCCc1nc(-c2ccc(-c3ccc(Cl)c(Cl)c3)cc2)c[nH]1. The summed E-state index contributed by atoms with van der Waals surface area (Å²) in [5.41, 5.74) is 3.91. The first-order valence-corrected chi connectivity index (χ1v) is 10.3. The van der Waals surface area contributed by atoms with Gasteiger partial charge in [-0.3, -0.25) is 0 Å². The lowest BCUT2D eigenvalue weighted by molar-refractivity contribution is 0.144. The molecule has 0 aliphatic carbocycles. The lowest BCUT2D eigenvalue weighted by atomic mass is 10.0. The zero-order valence-corrected chi connectivity index (χ0v) is 17.7. The van der Waals surface area contributed by atoms with Gasteiger partial charge in [0.2, 0.25) is 0 Å². The van der Waals surface area contributed by atoms with Crippen molar-refractivity contribution < 1.29 is 9.53 Å². The van der Waals surface area contributed by atoms with Crippen LogP contribution in [0, 0.1) is 0 Å². The van der Waals surface area contributed by atoms with E-state index < -0.39 is 0 Å². The Morgan fingerprint density at radius 2 is 1.79 bits per heavy atom. The van der Waals surface area contributed by atoms with Crippen LogP contribution in [0.2, 0.25) is 10.0 Å². The molecule has 0 fully saturated rings. The van der Waals surface area contributed by atoms with Crippen molar-refractivity contribution in [3.05, 3.63) is 64.5 Å². The summed E-state index contributed by atoms with van der Waals surface area (Å²) >= 11 is 12.1. The number of rotatable bonds is 8. The fourth-order valence-corrected chi connectivity index (χ4v) is 3.09. The minimum atomic E-state index is -0.386. The maximum Gasteiger partial charge on any atom is 0.407 e. The summed E-state index contributed by atoms with van der Waals surface area (Å²) < 4.78 is 5.06. The molecule has 152 valence electrons. The number of aromatic amines is 1. The summed E-state index contributed by atoms with van der Waals surface area (Å²) in [5.74, 6) is 0.808. The van der Waals surface area contributed by atoms with Gasteiger partial charge in [-0.2, -0.15) is 0 Å². The predicted octanol–water partition coefficient (Wildman–Crippen LogP) is 6.12. The van der Waals surface area contributed by atoms with Gasteiger partial charge in [-0.1, -0.05) is 66.9 Å². The van der Waals surface area contributed by atoms with Gasteiger partial charge < -0.3 is 15.0 Å². The van der Waals surface area contributed by atoms with Gasteiger partial charge >= 0.3 is 6.09 Å². The molecule has 5 nitrogen and oxygen atoms in total. The van der Waals surface area contributed by atoms with Crippen LogP contribution < -0.4 is 5.32 Å². The fraction of sp³-hybridized carbons (Fsp3) is 0.273. The number of ether oxygens (including phenoxy) is 1. The lowest BCUT2D eigenvalue weighted by Gasteiger charge is -2.05. The molecule has 0 atom stereocenters. The van der Waals surface area contributed by atoms with Crippen LogP contribution >= 0.6 is 23.2 Å². The van der Waals surface area contributed by atoms with E-state index in [9.17, 15) is 4.79 Å². The van der Waals surface area contributed by atoms with Gasteiger partial charge in [0, 0.05) is 24.7 Å². The number of imidazole rings is 1. The highest BCUT2D eigenvalue weighted by atomic mass is 35.5. The summed E-state index contributed by atoms with van der Waals surface area (Å²) in [6, 6.07) is 13.7. The molecular weight excluding hydrogens is 409 g/mol. The van der Waals surface area contributed by atoms with E-state index in [4.69, 9.17) is 27.9 Å². The van der Waals surface area contributed by atoms with Crippen molar-refractivity contribution in [2.45, 2.75) is 26.2 Å². The quantitative estimate of drug-likeness (QED) is 0.422. The summed E-state index contributed by atoms with van der Waals surface area (Å²) in [4.78, 5) is 19.3. The van der Waals surface area contributed by atoms with Crippen LogP contribution in [0.25, 0.3) is 22.4 Å². The van der Waals surface area contributed by atoms with E-state index in [0.29, 0.717) is 29.6 Å². The normalized spacial score (nSPS) is 10.7. The van der Waals surface area contributed by atoms with E-state index in [1.54, 1.807) is 6.07 Å². The summed E-state index contributed by atoms with van der Waals surface area (Å²) in [6.07, 6.45) is 3.95. The van der Waals surface area contributed by atoms with Crippen LogP contribution in [-0.2, 0) is 11.2 Å². The maximum absolute atomic E-state index is 11.5. The standard InChI is InChI=1S/C22H23Cl2N3O2/c1-2-3-12-29-22(28)25-11-10-21-26-14-20(27-21)16-6-4-15(5-7-16)17-8-9-18(23)19(24)13-17/h4-9,13-14H,2-3,10-12H2,1H3,(H,25,28)(H,26,27). The number of hydrogen-bond donors (Lipinski definition) is 2. The van der Waals surface area contributed by atoms with Gasteiger partial charge in [0.1, 0.15) is 5.82 Å². The average molecular weight is 432 g/mol. The number of amides is 1. The van der Waals surface area contributed by atoms with Crippen LogP contribution in [0.1, 0.15) is 25.6 Å². The predicted molar refractivity (Wildman–Crippen MR) is 117 cm³/mol. The molecule has 1 heterocycles. The molecule has 0 spiro atoms. The second-order valence-corrected chi connectivity index (χ2v) is 7.42. The zero-order chi connectivity index (χ0) is 20.6. The van der Waals surface area contributed by atoms with E-state index >= 15 is 0 Å². The monoisotopic (exact) mass is 431 g/mol. The first-order chi connectivity index (χ1) is 14.1. The van der Waals surface area contributed by atoms with Gasteiger partial charge in [-0.15, -0.1) is 0 Å². The van der Waals surface area contributed by atoms with Gasteiger partial charge in [-0.25, -0.2) is 9.78 Å². The minimum Gasteiger partial charge on any atom is -0.450 e. The molecule has 2 N–H and O–H groups in total. The first kappa shape index (κ1) is 21.2.